The summed E-state index contributed by atoms with van der Waals surface area (Å²) in [5.74, 6) is -3.96. The van der Waals surface area contributed by atoms with Crippen LogP contribution in [0.2, 0.25) is 0 Å². The molecule has 0 aliphatic heterocycles. The van der Waals surface area contributed by atoms with Gasteiger partial charge in [0.15, 0.2) is 0 Å². The number of anilines is 1. The van der Waals surface area contributed by atoms with Crippen LogP contribution in [0.1, 0.15) is 73.3 Å². The molecule has 78 heavy (non-hydrogen) atoms. The quantitative estimate of drug-likeness (QED) is 0.0338. The predicted molar refractivity (Wildman–Crippen MR) is 293 cm³/mol. The van der Waals surface area contributed by atoms with E-state index < -0.39 is 71.7 Å². The third-order valence-electron chi connectivity index (χ3n) is 11.8. The van der Waals surface area contributed by atoms with Crippen molar-refractivity contribution in [3.8, 4) is 0 Å². The summed E-state index contributed by atoms with van der Waals surface area (Å²) in [7, 11) is 3.14. The first-order chi connectivity index (χ1) is 37.4. The van der Waals surface area contributed by atoms with Gasteiger partial charge in [0.05, 0.1) is 22.5 Å². The molecule has 0 saturated heterocycles. The van der Waals surface area contributed by atoms with Crippen LogP contribution in [-0.2, 0) is 35.3 Å². The van der Waals surface area contributed by atoms with Gasteiger partial charge in [-0.2, -0.15) is 9.78 Å². The summed E-state index contributed by atoms with van der Waals surface area (Å²) in [6.07, 6.45) is 4.32. The maximum atomic E-state index is 14.0. The molecule has 414 valence electrons. The van der Waals surface area contributed by atoms with Crippen LogP contribution in [0.15, 0.2) is 101 Å². The number of pyridine rings is 1. The number of hydrogen-bond acceptors (Lipinski definition) is 14. The number of ether oxygens (including phenoxy) is 1. The molecule has 25 heteroatoms. The zero-order valence-electron chi connectivity index (χ0n) is 43.7. The van der Waals surface area contributed by atoms with Crippen LogP contribution in [0.25, 0.3) is 23.1 Å². The van der Waals surface area contributed by atoms with Gasteiger partial charge >= 0.3 is 18.2 Å². The van der Waals surface area contributed by atoms with E-state index in [0.29, 0.717) is 39.1 Å². The number of benzene rings is 3. The van der Waals surface area contributed by atoms with Crippen molar-refractivity contribution in [2.75, 3.05) is 45.6 Å². The number of nitrogens with one attached hydrogen (secondary N) is 7. The molecule has 0 fully saturated rings. The lowest BCUT2D eigenvalue weighted by Crippen LogP contribution is -2.54. The van der Waals surface area contributed by atoms with Crippen molar-refractivity contribution in [3.05, 3.63) is 114 Å². The Morgan fingerprint density at radius 1 is 0.795 bits per heavy atom. The molecule has 3 atom stereocenters. The number of alkyl carbamates (subject to hydrolysis) is 1. The molecule has 0 radical (unpaired) electrons. The third-order valence-corrected chi connectivity index (χ3v) is 12.8. The van der Waals surface area contributed by atoms with Gasteiger partial charge in [-0.3, -0.25) is 33.8 Å². The fraction of sp³-hybridized carbons (Fsp3) is 0.340. The number of likely N-dealkylation sites (N-methyl/N-ethyl adjacent to an activating group) is 1. The lowest BCUT2D eigenvalue weighted by molar-refractivity contribution is -0.133. The van der Waals surface area contributed by atoms with Gasteiger partial charge in [0.25, 0.3) is 5.91 Å². The number of aromatic nitrogens is 3. The summed E-state index contributed by atoms with van der Waals surface area (Å²) in [4.78, 5) is 122. The molecular weight excluding hydrogens is 1020 g/mol. The van der Waals surface area contributed by atoms with E-state index in [1.165, 1.54) is 21.3 Å². The molecule has 0 aliphatic carbocycles. The Labute approximate surface area is 454 Å². The maximum Gasteiger partial charge on any atom is 0.407 e. The summed E-state index contributed by atoms with van der Waals surface area (Å²) in [5, 5.41) is 23.6. The maximum absolute atomic E-state index is 14.0. The lowest BCUT2D eigenvalue weighted by Gasteiger charge is -2.25. The fourth-order valence-corrected chi connectivity index (χ4v) is 8.54. The first-order valence-corrected chi connectivity index (χ1v) is 25.8. The van der Waals surface area contributed by atoms with E-state index in [2.05, 4.69) is 47.3 Å². The molecule has 5 rings (SSSR count). The predicted octanol–water partition coefficient (Wildman–Crippen LogP) is 3.05. The highest BCUT2D eigenvalue weighted by Gasteiger charge is 2.29. The summed E-state index contributed by atoms with van der Waals surface area (Å²) in [5.41, 5.74) is 19.1. The first kappa shape index (κ1) is 60.0. The molecule has 0 spiro atoms. The van der Waals surface area contributed by atoms with Crippen LogP contribution < -0.4 is 54.4 Å². The number of fused-ring (bicyclic) bond motifs is 1. The Morgan fingerprint density at radius 3 is 2.18 bits per heavy atom. The Bertz CT molecular complexity index is 2950. The summed E-state index contributed by atoms with van der Waals surface area (Å²) in [6, 6.07) is 20.2. The van der Waals surface area contributed by atoms with Gasteiger partial charge in [-0.05, 0) is 104 Å². The van der Waals surface area contributed by atoms with E-state index in [4.69, 9.17) is 21.9 Å². The average Bonchev–Trinajstić information content (AvgIpc) is 3.79. The molecule has 2 heterocycles. The van der Waals surface area contributed by atoms with Crippen molar-refractivity contribution in [3.63, 3.8) is 0 Å². The summed E-state index contributed by atoms with van der Waals surface area (Å²) >= 11 is 1.37. The highest BCUT2D eigenvalue weighted by atomic mass is 32.2. The van der Waals surface area contributed by atoms with Crippen LogP contribution in [0.5, 0.6) is 0 Å². The van der Waals surface area contributed by atoms with Crippen molar-refractivity contribution >= 4 is 94.1 Å². The Kier molecular flexibility index (Phi) is 23.1. The van der Waals surface area contributed by atoms with Gasteiger partial charge in [-0.25, -0.2) is 14.4 Å². The molecule has 1 unspecified atom stereocenters. The monoisotopic (exact) mass is 1090 g/mol. The number of urea groups is 1. The molecule has 10 amide bonds. The number of amides is 10. The highest BCUT2D eigenvalue weighted by molar-refractivity contribution is 7.99. The van der Waals surface area contributed by atoms with Crippen molar-refractivity contribution in [2.45, 2.75) is 80.5 Å². The molecule has 3 aromatic carbocycles. The minimum atomic E-state index is -1.13. The van der Waals surface area contributed by atoms with Crippen LogP contribution in [-0.4, -0.2) is 132 Å². The van der Waals surface area contributed by atoms with Crippen LogP contribution in [0.4, 0.5) is 20.1 Å². The number of carbonyl (C=O) groups excluding carboxylic acids is 9. The number of carbonyl (C=O) groups is 9. The van der Waals surface area contributed by atoms with E-state index in [1.54, 1.807) is 82.7 Å². The number of primary amides is 2. The molecule has 0 aliphatic rings. The molecule has 5 aromatic rings. The second kappa shape index (κ2) is 30.0. The second-order valence-electron chi connectivity index (χ2n) is 18.0. The Morgan fingerprint density at radius 2 is 1.51 bits per heavy atom. The van der Waals surface area contributed by atoms with Gasteiger partial charge in [0.2, 0.25) is 29.5 Å². The average molecular weight is 1090 g/mol. The molecule has 0 bridgehead atoms. The highest BCUT2D eigenvalue weighted by Crippen LogP contribution is 2.34. The SMILES string of the molecule is CNC(=O)c1ccccc1Sc1ccc2c(/C=C/c3ccccn3)nn(C(=O)N(C)CCNC(=O)OCc3ccc(NC(=O)C(CCCNC(N)=O)NC(=O)[C@H](NC(=O)CCC(=O)N[C@H](CCN)C(N)=O)C(C)C)cc3)c2c1. The molecule has 0 saturated carbocycles. The second-order valence-corrected chi connectivity index (χ2v) is 19.1. The van der Waals surface area contributed by atoms with E-state index in [-0.39, 0.29) is 70.8 Å². The van der Waals surface area contributed by atoms with E-state index in [1.807, 2.05) is 48.5 Å². The number of nitrogens with two attached hydrogens (primary N) is 3. The summed E-state index contributed by atoms with van der Waals surface area (Å²) in [6.45, 7) is 3.56. The third kappa shape index (κ3) is 18.5. The number of hydrogen-bond donors (Lipinski definition) is 10. The van der Waals surface area contributed by atoms with E-state index >= 15 is 0 Å². The smallest absolute Gasteiger partial charge is 0.407 e. The molecular formula is C53H66N14O10S. The first-order valence-electron chi connectivity index (χ1n) is 25.0. The topological polar surface area (TPSA) is 359 Å². The van der Waals surface area contributed by atoms with E-state index in [0.717, 1.165) is 9.79 Å². The van der Waals surface area contributed by atoms with Gasteiger partial charge in [0.1, 0.15) is 24.7 Å². The standard InChI is InChI=1S/C53H66N14O10S/c1-32(2)46(64-45(69)23-22-44(68)62-40(24-25-54)47(55)70)50(73)63-41(12-9-27-59-51(56)74)49(72)61-35-16-14-33(15-17-35)31-77-52(75)60-28-29-66(4)53(76)67-42-30-36(78-43-13-6-5-11-38(43)48(71)57-3)19-20-37(42)39(65-67)21-18-34-10-7-8-26-58-34/h5-8,10-11,13-21,26,30,32,40-41,46H,9,12,22-25,27-29,31,54H2,1-4H3,(H2,55,70)(H,57,71)(H,60,75)(H,61,72)(H,62,68)(H,63,73)(H,64,69)(H3,56,59,74)/b21-18+/t40-,41?,46-/m1/s1. The zero-order valence-corrected chi connectivity index (χ0v) is 44.5. The Balaban J connectivity index is 1.15. The van der Waals surface area contributed by atoms with E-state index in [9.17, 15) is 43.2 Å². The lowest BCUT2D eigenvalue weighted by atomic mass is 10.0. The number of rotatable bonds is 27. The van der Waals surface area contributed by atoms with Crippen LogP contribution in [0.3, 0.4) is 0 Å². The molecule has 2 aromatic heterocycles. The van der Waals surface area contributed by atoms with Crippen molar-refractivity contribution in [1.29, 1.82) is 0 Å². The number of nitrogens with zero attached hydrogens (tertiary/aromatic N) is 4. The molecule has 24 nitrogen and oxygen atoms in total. The van der Waals surface area contributed by atoms with Gasteiger partial charge < -0.3 is 64.1 Å². The van der Waals surface area contributed by atoms with Gasteiger partial charge in [-0.1, -0.05) is 55.9 Å². The van der Waals surface area contributed by atoms with Crippen LogP contribution in [0, 0.1) is 5.92 Å². The largest absolute Gasteiger partial charge is 0.445 e. The van der Waals surface area contributed by atoms with Crippen molar-refractivity contribution < 1.29 is 47.9 Å². The van der Waals surface area contributed by atoms with Gasteiger partial charge in [0, 0.05) is 73.6 Å². The van der Waals surface area contributed by atoms with Crippen LogP contribution >= 0.6 is 11.8 Å². The fourth-order valence-electron chi connectivity index (χ4n) is 7.57. The van der Waals surface area contributed by atoms with Crippen molar-refractivity contribution in [2.24, 2.45) is 23.1 Å². The normalized spacial score (nSPS) is 12.2. The van der Waals surface area contributed by atoms with Crippen molar-refractivity contribution in [1.82, 2.24) is 51.6 Å². The molecule has 13 N–H and O–H groups in total. The minimum absolute atomic E-state index is 0.0321. The van der Waals surface area contributed by atoms with Gasteiger partial charge in [-0.15, -0.1) is 0 Å². The zero-order chi connectivity index (χ0) is 56.7. The summed E-state index contributed by atoms with van der Waals surface area (Å²) < 4.78 is 6.71. The minimum Gasteiger partial charge on any atom is -0.445 e. The Hall–Kier alpha value is -8.84.